The number of hydrogen-bond donors (Lipinski definition) is 1. The molecule has 0 aliphatic rings. The largest absolute Gasteiger partial charge is 0.493 e. The van der Waals surface area contributed by atoms with Crippen molar-refractivity contribution in [1.82, 2.24) is 25.5 Å². The summed E-state index contributed by atoms with van der Waals surface area (Å²) in [7, 11) is 1.64. The van der Waals surface area contributed by atoms with Crippen LogP contribution in [-0.4, -0.2) is 39.6 Å². The number of thioether (sulfide) groups is 1. The molecule has 4 rings (SSSR count). The van der Waals surface area contributed by atoms with E-state index in [4.69, 9.17) is 32.7 Å². The molecule has 1 aromatic heterocycles. The molecular weight excluding hydrogens is 541 g/mol. The topological polar surface area (TPSA) is 74.1 Å². The third-order valence-electron chi connectivity index (χ3n) is 5.11. The van der Waals surface area contributed by atoms with Crippen molar-refractivity contribution in [2.45, 2.75) is 24.7 Å². The van der Waals surface area contributed by atoms with Crippen LogP contribution in [0.15, 0.2) is 71.9 Å². The van der Waals surface area contributed by atoms with E-state index in [1.54, 1.807) is 35.7 Å². The van der Waals surface area contributed by atoms with Crippen molar-refractivity contribution in [2.75, 3.05) is 19.4 Å². The molecule has 11 heteroatoms. The summed E-state index contributed by atoms with van der Waals surface area (Å²) in [5, 5.41) is 17.3. The van der Waals surface area contributed by atoms with Gasteiger partial charge < -0.3 is 14.8 Å². The zero-order valence-electron chi connectivity index (χ0n) is 19.6. The van der Waals surface area contributed by atoms with Crippen LogP contribution in [0.4, 0.5) is 0 Å². The number of methoxy groups -OCH3 is 1. The number of benzene rings is 3. The highest BCUT2D eigenvalue weighted by Gasteiger charge is 2.09. The maximum absolute atomic E-state index is 6.08. The van der Waals surface area contributed by atoms with Gasteiger partial charge in [-0.25, -0.2) is 0 Å². The second-order valence-electron chi connectivity index (χ2n) is 7.61. The molecule has 0 fully saturated rings. The van der Waals surface area contributed by atoms with Gasteiger partial charge in [0, 0.05) is 12.3 Å². The second-order valence-corrected chi connectivity index (χ2v) is 9.49. The third kappa shape index (κ3) is 7.75. The third-order valence-corrected chi connectivity index (χ3v) is 6.85. The Kier molecular flexibility index (Phi) is 11.2. The average molecular weight is 567 g/mol. The van der Waals surface area contributed by atoms with Gasteiger partial charge >= 0.3 is 0 Å². The Morgan fingerprint density at radius 1 is 0.944 bits per heavy atom. The summed E-state index contributed by atoms with van der Waals surface area (Å²) in [6, 6.07) is 21.3. The monoisotopic (exact) mass is 565 g/mol. The van der Waals surface area contributed by atoms with Crippen molar-refractivity contribution in [3.8, 4) is 17.2 Å². The van der Waals surface area contributed by atoms with Crippen LogP contribution < -0.4 is 14.8 Å². The zero-order valence-corrected chi connectivity index (χ0v) is 22.7. The fourth-order valence-corrected chi connectivity index (χ4v) is 4.48. The maximum atomic E-state index is 6.08. The van der Waals surface area contributed by atoms with Gasteiger partial charge in [0.2, 0.25) is 5.16 Å². The zero-order chi connectivity index (χ0) is 24.5. The minimum absolute atomic E-state index is 0. The summed E-state index contributed by atoms with van der Waals surface area (Å²) in [4.78, 5) is 0. The lowest BCUT2D eigenvalue weighted by Crippen LogP contribution is -2.15. The number of aromatic nitrogens is 4. The highest BCUT2D eigenvalue weighted by Crippen LogP contribution is 2.30. The molecule has 0 aliphatic heterocycles. The van der Waals surface area contributed by atoms with E-state index in [2.05, 4.69) is 20.8 Å². The predicted octanol–water partition coefficient (Wildman–Crippen LogP) is 6.25. The van der Waals surface area contributed by atoms with Crippen LogP contribution in [0.2, 0.25) is 10.0 Å². The molecule has 0 aliphatic carbocycles. The lowest BCUT2D eigenvalue weighted by molar-refractivity contribution is 0.284. The number of tetrazole rings is 1. The van der Waals surface area contributed by atoms with Crippen molar-refractivity contribution < 1.29 is 9.47 Å². The second kappa shape index (κ2) is 14.3. The Hall–Kier alpha value is -2.49. The lowest BCUT2D eigenvalue weighted by Gasteiger charge is -2.13. The highest BCUT2D eigenvalue weighted by molar-refractivity contribution is 7.99. The Morgan fingerprint density at radius 2 is 1.75 bits per heavy atom. The summed E-state index contributed by atoms with van der Waals surface area (Å²) in [5.74, 6) is 2.27. The normalized spacial score (nSPS) is 10.6. The van der Waals surface area contributed by atoms with E-state index in [0.29, 0.717) is 28.2 Å². The van der Waals surface area contributed by atoms with Crippen LogP contribution in [0.1, 0.15) is 17.5 Å². The summed E-state index contributed by atoms with van der Waals surface area (Å²) in [5.41, 5.74) is 3.00. The molecule has 0 spiro atoms. The Balaban J connectivity index is 0.00000361. The molecule has 3 aromatic carbocycles. The van der Waals surface area contributed by atoms with E-state index < -0.39 is 0 Å². The first kappa shape index (κ1) is 28.1. The van der Waals surface area contributed by atoms with Crippen molar-refractivity contribution in [1.29, 1.82) is 0 Å². The number of rotatable bonds is 12. The molecule has 36 heavy (non-hydrogen) atoms. The molecule has 0 radical (unpaired) electrons. The Bertz CT molecular complexity index is 1240. The van der Waals surface area contributed by atoms with Gasteiger partial charge in [-0.3, -0.25) is 0 Å². The standard InChI is InChI=1S/C25H25Cl2N5O2S.ClH/c1-33-24-15-18(9-11-23(24)34-17-19-8-10-21(26)22(27)14-19)16-28-12-5-13-35-25-29-30-31-32(25)20-6-3-2-4-7-20;/h2-4,6-11,14-15,28H,5,12-13,16-17H2,1H3;1H. The number of nitrogens with zero attached hydrogens (tertiary/aromatic N) is 4. The number of hydrogen-bond acceptors (Lipinski definition) is 7. The van der Waals surface area contributed by atoms with E-state index in [9.17, 15) is 0 Å². The van der Waals surface area contributed by atoms with E-state index in [1.807, 2.05) is 54.6 Å². The average Bonchev–Trinajstić information content (AvgIpc) is 3.36. The molecule has 0 saturated carbocycles. The summed E-state index contributed by atoms with van der Waals surface area (Å²) in [6.07, 6.45) is 0.980. The number of nitrogens with one attached hydrogen (secondary N) is 1. The predicted molar refractivity (Wildman–Crippen MR) is 147 cm³/mol. The van der Waals surface area contributed by atoms with Gasteiger partial charge in [0.05, 0.1) is 22.8 Å². The molecular formula is C25H26Cl3N5O2S. The molecule has 0 unspecified atom stereocenters. The first-order chi connectivity index (χ1) is 17.1. The molecule has 1 heterocycles. The van der Waals surface area contributed by atoms with Gasteiger partial charge in [-0.1, -0.05) is 65.3 Å². The van der Waals surface area contributed by atoms with Crippen molar-refractivity contribution in [2.24, 2.45) is 0 Å². The van der Waals surface area contributed by atoms with Gasteiger partial charge in [0.1, 0.15) is 6.61 Å². The minimum atomic E-state index is 0. The fraction of sp³-hybridized carbons (Fsp3) is 0.240. The minimum Gasteiger partial charge on any atom is -0.493 e. The molecule has 0 bridgehead atoms. The number of ether oxygens (including phenoxy) is 2. The van der Waals surface area contributed by atoms with Crippen LogP contribution in [0.5, 0.6) is 11.5 Å². The van der Waals surface area contributed by atoms with E-state index in [0.717, 1.165) is 47.2 Å². The van der Waals surface area contributed by atoms with Crippen LogP contribution in [0, 0.1) is 0 Å². The van der Waals surface area contributed by atoms with Gasteiger partial charge in [-0.15, -0.1) is 17.5 Å². The summed E-state index contributed by atoms with van der Waals surface area (Å²) >= 11 is 13.7. The number of halogens is 3. The van der Waals surface area contributed by atoms with Gasteiger partial charge in [0.25, 0.3) is 0 Å². The van der Waals surface area contributed by atoms with E-state index in [1.165, 1.54) is 0 Å². The van der Waals surface area contributed by atoms with Crippen molar-refractivity contribution in [3.63, 3.8) is 0 Å². The highest BCUT2D eigenvalue weighted by atomic mass is 35.5. The molecule has 0 saturated heterocycles. The lowest BCUT2D eigenvalue weighted by atomic mass is 10.2. The van der Waals surface area contributed by atoms with Crippen LogP contribution in [0.3, 0.4) is 0 Å². The van der Waals surface area contributed by atoms with Crippen LogP contribution in [-0.2, 0) is 13.2 Å². The van der Waals surface area contributed by atoms with E-state index >= 15 is 0 Å². The smallest absolute Gasteiger partial charge is 0.214 e. The first-order valence-electron chi connectivity index (χ1n) is 11.0. The Labute approximate surface area is 230 Å². The number of para-hydroxylation sites is 1. The van der Waals surface area contributed by atoms with Gasteiger partial charge in [-0.05, 0) is 70.9 Å². The SMILES string of the molecule is COc1cc(CNCCCSc2nnnn2-c2ccccc2)ccc1OCc1ccc(Cl)c(Cl)c1.Cl. The van der Waals surface area contributed by atoms with Crippen molar-refractivity contribution >= 4 is 47.4 Å². The Morgan fingerprint density at radius 3 is 2.53 bits per heavy atom. The molecule has 7 nitrogen and oxygen atoms in total. The van der Waals surface area contributed by atoms with Gasteiger partial charge in [0.15, 0.2) is 11.5 Å². The summed E-state index contributed by atoms with van der Waals surface area (Å²) in [6.45, 7) is 1.98. The first-order valence-corrected chi connectivity index (χ1v) is 12.8. The molecule has 190 valence electrons. The molecule has 1 N–H and O–H groups in total. The molecule has 0 amide bonds. The van der Waals surface area contributed by atoms with Crippen LogP contribution in [0.25, 0.3) is 5.69 Å². The van der Waals surface area contributed by atoms with Crippen LogP contribution >= 0.6 is 47.4 Å². The quantitative estimate of drug-likeness (QED) is 0.160. The molecule has 0 atom stereocenters. The van der Waals surface area contributed by atoms with E-state index in [-0.39, 0.29) is 12.4 Å². The summed E-state index contributed by atoms with van der Waals surface area (Å²) < 4.78 is 13.2. The van der Waals surface area contributed by atoms with Crippen molar-refractivity contribution in [3.05, 3.63) is 87.9 Å². The maximum Gasteiger partial charge on any atom is 0.214 e. The molecule has 4 aromatic rings. The van der Waals surface area contributed by atoms with Gasteiger partial charge in [-0.2, -0.15) is 4.68 Å². The fourth-order valence-electron chi connectivity index (χ4n) is 3.33.